The number of ether oxygens (including phenoxy) is 1. The normalized spacial score (nSPS) is 12.8. The van der Waals surface area contributed by atoms with Gasteiger partial charge < -0.3 is 4.74 Å². The molecule has 7 nitrogen and oxygen atoms in total. The van der Waals surface area contributed by atoms with Crippen LogP contribution in [0, 0.1) is 10.1 Å². The summed E-state index contributed by atoms with van der Waals surface area (Å²) in [5.74, 6) is -0.153. The molecule has 1 heterocycles. The average molecular weight is 439 g/mol. The van der Waals surface area contributed by atoms with E-state index in [4.69, 9.17) is 4.74 Å². The lowest BCUT2D eigenvalue weighted by atomic mass is 10.1. The number of anilines is 1. The monoisotopic (exact) mass is 438 g/mol. The molecule has 0 bridgehead atoms. The topological polar surface area (TPSA) is 89.8 Å². The van der Waals surface area contributed by atoms with Gasteiger partial charge in [-0.25, -0.2) is 4.90 Å². The van der Waals surface area contributed by atoms with Crippen molar-refractivity contribution in [3.05, 3.63) is 92.4 Å². The van der Waals surface area contributed by atoms with Crippen LogP contribution >= 0.6 is 15.9 Å². The zero-order chi connectivity index (χ0) is 19.8. The van der Waals surface area contributed by atoms with Crippen LogP contribution in [0.15, 0.2) is 71.2 Å². The number of carbonyl (C=O) groups excluding carboxylic acids is 2. The van der Waals surface area contributed by atoms with E-state index in [-0.39, 0.29) is 16.8 Å². The van der Waals surface area contributed by atoms with E-state index in [1.165, 1.54) is 18.2 Å². The standard InChI is InChI=1S/C20H11BrN2O5/c21-12-4-8-14(9-5-12)28-15-10-6-13(7-11-15)22-19(24)16-2-1-3-17(23(26)27)18(16)20(22)25/h1-11H. The predicted octanol–water partition coefficient (Wildman–Crippen LogP) is 4.95. The second-order valence-electron chi connectivity index (χ2n) is 5.95. The van der Waals surface area contributed by atoms with Gasteiger partial charge in [-0.1, -0.05) is 22.0 Å². The van der Waals surface area contributed by atoms with Gasteiger partial charge in [-0.2, -0.15) is 0 Å². The lowest BCUT2D eigenvalue weighted by Crippen LogP contribution is -2.29. The van der Waals surface area contributed by atoms with Crippen LogP contribution in [0.5, 0.6) is 11.5 Å². The minimum atomic E-state index is -0.714. The number of halogens is 1. The van der Waals surface area contributed by atoms with Crippen LogP contribution < -0.4 is 9.64 Å². The van der Waals surface area contributed by atoms with Crippen LogP contribution in [-0.4, -0.2) is 16.7 Å². The molecule has 8 heteroatoms. The summed E-state index contributed by atoms with van der Waals surface area (Å²) in [6.07, 6.45) is 0. The summed E-state index contributed by atoms with van der Waals surface area (Å²) in [4.78, 5) is 36.8. The van der Waals surface area contributed by atoms with Crippen molar-refractivity contribution in [3.8, 4) is 11.5 Å². The quantitative estimate of drug-likeness (QED) is 0.326. The summed E-state index contributed by atoms with van der Waals surface area (Å²) in [7, 11) is 0. The number of rotatable bonds is 4. The summed E-state index contributed by atoms with van der Waals surface area (Å²) in [5, 5.41) is 11.2. The number of nitro groups is 1. The molecule has 1 aliphatic heterocycles. The first-order valence-corrected chi connectivity index (χ1v) is 8.94. The van der Waals surface area contributed by atoms with Crippen LogP contribution in [0.25, 0.3) is 0 Å². The minimum absolute atomic E-state index is 0.0226. The van der Waals surface area contributed by atoms with Crippen molar-refractivity contribution in [2.45, 2.75) is 0 Å². The first-order chi connectivity index (χ1) is 13.5. The van der Waals surface area contributed by atoms with Crippen molar-refractivity contribution in [1.82, 2.24) is 0 Å². The van der Waals surface area contributed by atoms with Gasteiger partial charge in [0.15, 0.2) is 0 Å². The molecule has 0 unspecified atom stereocenters. The Morgan fingerprint density at radius 2 is 1.46 bits per heavy atom. The van der Waals surface area contributed by atoms with Crippen LogP contribution in [0.1, 0.15) is 20.7 Å². The molecule has 0 aromatic heterocycles. The molecule has 0 saturated carbocycles. The summed E-state index contributed by atoms with van der Waals surface area (Å²) >= 11 is 3.35. The highest BCUT2D eigenvalue weighted by Gasteiger charge is 2.41. The van der Waals surface area contributed by atoms with Crippen molar-refractivity contribution >= 4 is 39.1 Å². The fourth-order valence-electron chi connectivity index (χ4n) is 2.96. The summed E-state index contributed by atoms with van der Waals surface area (Å²) < 4.78 is 6.64. The molecule has 138 valence electrons. The van der Waals surface area contributed by atoms with Gasteiger partial charge in [0, 0.05) is 10.5 Å². The molecular weight excluding hydrogens is 428 g/mol. The number of hydrogen-bond acceptors (Lipinski definition) is 5. The third-order valence-electron chi connectivity index (χ3n) is 4.23. The Labute approximate surface area is 167 Å². The number of fused-ring (bicyclic) bond motifs is 1. The number of benzene rings is 3. The smallest absolute Gasteiger partial charge is 0.283 e. The van der Waals surface area contributed by atoms with Gasteiger partial charge in [0.05, 0.1) is 16.2 Å². The summed E-state index contributed by atoms with van der Waals surface area (Å²) in [6, 6.07) is 17.6. The minimum Gasteiger partial charge on any atom is -0.457 e. The van der Waals surface area contributed by atoms with Crippen LogP contribution in [0.4, 0.5) is 11.4 Å². The number of amides is 2. The molecule has 0 aliphatic carbocycles. The highest BCUT2D eigenvalue weighted by atomic mass is 79.9. The molecule has 3 aromatic rings. The van der Waals surface area contributed by atoms with E-state index in [9.17, 15) is 19.7 Å². The van der Waals surface area contributed by atoms with Crippen molar-refractivity contribution in [2.24, 2.45) is 0 Å². The lowest BCUT2D eigenvalue weighted by molar-refractivity contribution is -0.385. The molecule has 0 spiro atoms. The maximum atomic E-state index is 12.7. The van der Waals surface area contributed by atoms with Crippen molar-refractivity contribution in [2.75, 3.05) is 4.90 Å². The molecule has 0 saturated heterocycles. The third-order valence-corrected chi connectivity index (χ3v) is 4.76. The largest absolute Gasteiger partial charge is 0.457 e. The van der Waals surface area contributed by atoms with E-state index in [1.54, 1.807) is 36.4 Å². The Kier molecular flexibility index (Phi) is 4.40. The van der Waals surface area contributed by atoms with Gasteiger partial charge in [-0.05, 0) is 54.6 Å². The lowest BCUT2D eigenvalue weighted by Gasteiger charge is -2.14. The molecule has 28 heavy (non-hydrogen) atoms. The zero-order valence-corrected chi connectivity index (χ0v) is 15.8. The number of hydrogen-bond donors (Lipinski definition) is 0. The van der Waals surface area contributed by atoms with E-state index < -0.39 is 16.7 Å². The summed E-state index contributed by atoms with van der Waals surface area (Å²) in [5.41, 5.74) is -0.237. The van der Waals surface area contributed by atoms with Gasteiger partial charge >= 0.3 is 0 Å². The van der Waals surface area contributed by atoms with E-state index in [1.807, 2.05) is 12.1 Å². The molecule has 0 radical (unpaired) electrons. The van der Waals surface area contributed by atoms with Gasteiger partial charge in [-0.15, -0.1) is 0 Å². The molecule has 0 atom stereocenters. The van der Waals surface area contributed by atoms with Crippen LogP contribution in [0.2, 0.25) is 0 Å². The number of imide groups is 1. The molecule has 1 aliphatic rings. The number of nitro benzene ring substituents is 1. The third kappa shape index (κ3) is 3.03. The first-order valence-electron chi connectivity index (χ1n) is 8.15. The molecule has 0 N–H and O–H groups in total. The van der Waals surface area contributed by atoms with E-state index in [0.717, 1.165) is 9.37 Å². The Morgan fingerprint density at radius 3 is 2.07 bits per heavy atom. The number of carbonyl (C=O) groups is 2. The van der Waals surface area contributed by atoms with E-state index in [0.29, 0.717) is 17.2 Å². The predicted molar refractivity (Wildman–Crippen MR) is 105 cm³/mol. The SMILES string of the molecule is O=C1c2cccc([N+](=O)[O-])c2C(=O)N1c1ccc(Oc2ccc(Br)cc2)cc1. The maximum Gasteiger partial charge on any atom is 0.283 e. The zero-order valence-electron chi connectivity index (χ0n) is 14.2. The second-order valence-corrected chi connectivity index (χ2v) is 6.87. The fourth-order valence-corrected chi connectivity index (χ4v) is 3.22. The molecule has 4 rings (SSSR count). The highest BCUT2D eigenvalue weighted by Crippen LogP contribution is 2.34. The molecule has 2 amide bonds. The van der Waals surface area contributed by atoms with E-state index in [2.05, 4.69) is 15.9 Å². The molecular formula is C20H11BrN2O5. The van der Waals surface area contributed by atoms with Crippen molar-refractivity contribution < 1.29 is 19.2 Å². The van der Waals surface area contributed by atoms with Gasteiger partial charge in [0.1, 0.15) is 17.1 Å². The van der Waals surface area contributed by atoms with Gasteiger partial charge in [0.2, 0.25) is 0 Å². The Bertz CT molecular complexity index is 1110. The van der Waals surface area contributed by atoms with E-state index >= 15 is 0 Å². The maximum absolute atomic E-state index is 12.7. The Morgan fingerprint density at radius 1 is 0.857 bits per heavy atom. The van der Waals surface area contributed by atoms with Gasteiger partial charge in [0.25, 0.3) is 17.5 Å². The first kappa shape index (κ1) is 17.9. The van der Waals surface area contributed by atoms with Crippen LogP contribution in [-0.2, 0) is 0 Å². The Hall–Kier alpha value is -3.52. The Balaban J connectivity index is 1.62. The van der Waals surface area contributed by atoms with Crippen molar-refractivity contribution in [1.29, 1.82) is 0 Å². The second kappa shape index (κ2) is 6.90. The molecule has 0 fully saturated rings. The van der Waals surface area contributed by atoms with Gasteiger partial charge in [-0.3, -0.25) is 19.7 Å². The fraction of sp³-hybridized carbons (Fsp3) is 0. The average Bonchev–Trinajstić information content (AvgIpc) is 2.95. The number of nitrogens with zero attached hydrogens (tertiary/aromatic N) is 2. The van der Waals surface area contributed by atoms with Crippen molar-refractivity contribution in [3.63, 3.8) is 0 Å². The highest BCUT2D eigenvalue weighted by molar-refractivity contribution is 9.10. The van der Waals surface area contributed by atoms with Crippen LogP contribution in [0.3, 0.4) is 0 Å². The molecule has 3 aromatic carbocycles. The summed E-state index contributed by atoms with van der Waals surface area (Å²) in [6.45, 7) is 0.